The Hall–Kier alpha value is -1.85. The summed E-state index contributed by atoms with van der Waals surface area (Å²) in [5.74, 6) is -0.389. The van der Waals surface area contributed by atoms with E-state index in [1.165, 1.54) is 0 Å². The van der Waals surface area contributed by atoms with E-state index in [4.69, 9.17) is 5.73 Å². The third-order valence-corrected chi connectivity index (χ3v) is 4.42. The Labute approximate surface area is 125 Å². The summed E-state index contributed by atoms with van der Waals surface area (Å²) in [5, 5.41) is 4.37. The van der Waals surface area contributed by atoms with Crippen LogP contribution in [-0.4, -0.2) is 39.6 Å². The topological polar surface area (TPSA) is 81.2 Å². The number of aromatic nitrogens is 2. The first-order valence-corrected chi connectivity index (χ1v) is 7.46. The number of carbonyl (C=O) groups is 2. The van der Waals surface area contributed by atoms with Crippen LogP contribution in [0.5, 0.6) is 0 Å². The van der Waals surface area contributed by atoms with Gasteiger partial charge in [-0.15, -0.1) is 0 Å². The summed E-state index contributed by atoms with van der Waals surface area (Å²) >= 11 is 0. The number of nitrogens with two attached hydrogens (primary N) is 1. The minimum atomic E-state index is -0.300. The summed E-state index contributed by atoms with van der Waals surface area (Å²) in [6.45, 7) is 5.19. The molecule has 0 saturated carbocycles. The van der Waals surface area contributed by atoms with Gasteiger partial charge in [0, 0.05) is 32.3 Å². The molecule has 0 aromatic carbocycles. The van der Waals surface area contributed by atoms with Crippen LogP contribution in [-0.2, 0) is 23.1 Å². The fourth-order valence-electron chi connectivity index (χ4n) is 3.01. The van der Waals surface area contributed by atoms with Crippen LogP contribution in [0.3, 0.4) is 0 Å². The van der Waals surface area contributed by atoms with Crippen LogP contribution in [0.4, 0.5) is 0 Å². The number of nitrogens with zero attached hydrogens (tertiary/aromatic N) is 3. The molecule has 1 aliphatic rings. The Balaban J connectivity index is 1.94. The van der Waals surface area contributed by atoms with E-state index in [9.17, 15) is 9.59 Å². The number of hydrogen-bond acceptors (Lipinski definition) is 3. The van der Waals surface area contributed by atoms with Gasteiger partial charge in [-0.25, -0.2) is 0 Å². The molecule has 1 aromatic rings. The van der Waals surface area contributed by atoms with Crippen molar-refractivity contribution in [2.24, 2.45) is 18.7 Å². The van der Waals surface area contributed by atoms with Crippen molar-refractivity contribution in [3.05, 3.63) is 17.0 Å². The molecule has 2 heterocycles. The maximum Gasteiger partial charge on any atom is 0.222 e. The summed E-state index contributed by atoms with van der Waals surface area (Å²) in [6.07, 6.45) is 2.80. The van der Waals surface area contributed by atoms with Crippen LogP contribution >= 0.6 is 0 Å². The molecular formula is C15H24N4O2. The van der Waals surface area contributed by atoms with Crippen LogP contribution in [0, 0.1) is 19.8 Å². The Morgan fingerprint density at radius 1 is 1.38 bits per heavy atom. The Morgan fingerprint density at radius 2 is 2.10 bits per heavy atom. The molecule has 1 fully saturated rings. The number of primary amides is 1. The second-order valence-electron chi connectivity index (χ2n) is 5.85. The minimum Gasteiger partial charge on any atom is -0.369 e. The zero-order chi connectivity index (χ0) is 15.6. The smallest absolute Gasteiger partial charge is 0.222 e. The van der Waals surface area contributed by atoms with Crippen molar-refractivity contribution in [2.45, 2.75) is 39.5 Å². The highest BCUT2D eigenvalue weighted by molar-refractivity contribution is 5.80. The summed E-state index contributed by atoms with van der Waals surface area (Å²) in [5.41, 5.74) is 8.58. The highest BCUT2D eigenvalue weighted by Gasteiger charge is 2.26. The summed E-state index contributed by atoms with van der Waals surface area (Å²) in [7, 11) is 1.91. The first-order valence-electron chi connectivity index (χ1n) is 7.46. The second kappa shape index (κ2) is 6.28. The van der Waals surface area contributed by atoms with E-state index in [-0.39, 0.29) is 17.7 Å². The van der Waals surface area contributed by atoms with Crippen LogP contribution in [0.25, 0.3) is 0 Å². The van der Waals surface area contributed by atoms with Crippen molar-refractivity contribution >= 4 is 11.8 Å². The molecule has 1 saturated heterocycles. The van der Waals surface area contributed by atoms with Crippen LogP contribution in [0.2, 0.25) is 0 Å². The molecule has 0 aliphatic carbocycles. The van der Waals surface area contributed by atoms with Crippen molar-refractivity contribution in [3.63, 3.8) is 0 Å². The monoisotopic (exact) mass is 292 g/mol. The molecular weight excluding hydrogens is 268 g/mol. The molecule has 1 aromatic heterocycles. The Bertz CT molecular complexity index is 550. The van der Waals surface area contributed by atoms with E-state index < -0.39 is 0 Å². The standard InChI is InChI=1S/C15H24N4O2/c1-10-13(11(2)18(3)17-10)6-7-14(20)19-8-4-5-12(9-19)15(16)21/h12H,4-9H2,1-3H3,(H2,16,21). The predicted molar refractivity (Wildman–Crippen MR) is 79.5 cm³/mol. The van der Waals surface area contributed by atoms with Crippen LogP contribution < -0.4 is 5.73 Å². The molecule has 2 rings (SSSR count). The van der Waals surface area contributed by atoms with Gasteiger partial charge in [-0.3, -0.25) is 14.3 Å². The zero-order valence-corrected chi connectivity index (χ0v) is 13.1. The number of aryl methyl sites for hydroxylation is 2. The van der Waals surface area contributed by atoms with Crippen molar-refractivity contribution in [3.8, 4) is 0 Å². The van der Waals surface area contributed by atoms with Gasteiger partial charge in [0.15, 0.2) is 0 Å². The van der Waals surface area contributed by atoms with E-state index in [1.807, 2.05) is 25.6 Å². The van der Waals surface area contributed by atoms with Crippen LogP contribution in [0.15, 0.2) is 0 Å². The third-order valence-electron chi connectivity index (χ3n) is 4.42. The predicted octanol–water partition coefficient (Wildman–Crippen LogP) is 0.693. The number of piperidine rings is 1. The lowest BCUT2D eigenvalue weighted by Crippen LogP contribution is -2.44. The summed E-state index contributed by atoms with van der Waals surface area (Å²) in [4.78, 5) is 25.4. The molecule has 0 spiro atoms. The second-order valence-corrected chi connectivity index (χ2v) is 5.85. The van der Waals surface area contributed by atoms with Gasteiger partial charge in [0.25, 0.3) is 0 Å². The van der Waals surface area contributed by atoms with E-state index in [2.05, 4.69) is 5.10 Å². The largest absolute Gasteiger partial charge is 0.369 e. The Morgan fingerprint density at radius 3 is 2.67 bits per heavy atom. The van der Waals surface area contributed by atoms with E-state index >= 15 is 0 Å². The number of likely N-dealkylation sites (tertiary alicyclic amines) is 1. The molecule has 21 heavy (non-hydrogen) atoms. The van der Waals surface area contributed by atoms with Crippen molar-refractivity contribution in [2.75, 3.05) is 13.1 Å². The van der Waals surface area contributed by atoms with E-state index in [0.717, 1.165) is 36.3 Å². The van der Waals surface area contributed by atoms with Gasteiger partial charge in [-0.2, -0.15) is 5.10 Å². The molecule has 116 valence electrons. The molecule has 1 atom stereocenters. The Kier molecular flexibility index (Phi) is 4.65. The fraction of sp³-hybridized carbons (Fsp3) is 0.667. The number of hydrogen-bond donors (Lipinski definition) is 1. The molecule has 6 nitrogen and oxygen atoms in total. The van der Waals surface area contributed by atoms with Gasteiger partial charge in [-0.05, 0) is 38.7 Å². The van der Waals surface area contributed by atoms with Crippen LogP contribution in [0.1, 0.15) is 36.2 Å². The normalized spacial score (nSPS) is 18.8. The van der Waals surface area contributed by atoms with Gasteiger partial charge in [0.05, 0.1) is 11.6 Å². The SMILES string of the molecule is Cc1nn(C)c(C)c1CCC(=O)N1CCCC(C(N)=O)C1. The van der Waals surface area contributed by atoms with Crippen molar-refractivity contribution in [1.82, 2.24) is 14.7 Å². The quantitative estimate of drug-likeness (QED) is 0.886. The zero-order valence-electron chi connectivity index (χ0n) is 13.1. The molecule has 1 aliphatic heterocycles. The minimum absolute atomic E-state index is 0.101. The molecule has 6 heteroatoms. The summed E-state index contributed by atoms with van der Waals surface area (Å²) in [6, 6.07) is 0. The lowest BCUT2D eigenvalue weighted by atomic mass is 9.97. The number of carbonyl (C=O) groups excluding carboxylic acids is 2. The molecule has 2 N–H and O–H groups in total. The van der Waals surface area contributed by atoms with Gasteiger partial charge in [-0.1, -0.05) is 0 Å². The van der Waals surface area contributed by atoms with Gasteiger partial charge < -0.3 is 10.6 Å². The lowest BCUT2D eigenvalue weighted by Gasteiger charge is -2.31. The maximum atomic E-state index is 12.3. The first kappa shape index (κ1) is 15.5. The number of rotatable bonds is 4. The number of amides is 2. The molecule has 0 bridgehead atoms. The van der Waals surface area contributed by atoms with Crippen molar-refractivity contribution < 1.29 is 9.59 Å². The van der Waals surface area contributed by atoms with E-state index in [0.29, 0.717) is 19.4 Å². The molecule has 0 radical (unpaired) electrons. The maximum absolute atomic E-state index is 12.3. The van der Waals surface area contributed by atoms with Gasteiger partial charge in [0.1, 0.15) is 0 Å². The average Bonchev–Trinajstić information content (AvgIpc) is 2.70. The van der Waals surface area contributed by atoms with Crippen molar-refractivity contribution in [1.29, 1.82) is 0 Å². The highest BCUT2D eigenvalue weighted by Crippen LogP contribution is 2.19. The lowest BCUT2D eigenvalue weighted by molar-refractivity contribution is -0.134. The van der Waals surface area contributed by atoms with Gasteiger partial charge >= 0.3 is 0 Å². The van der Waals surface area contributed by atoms with E-state index in [1.54, 1.807) is 4.90 Å². The fourth-order valence-corrected chi connectivity index (χ4v) is 3.01. The van der Waals surface area contributed by atoms with Gasteiger partial charge in [0.2, 0.25) is 11.8 Å². The molecule has 2 amide bonds. The first-order chi connectivity index (χ1) is 9.90. The average molecular weight is 292 g/mol. The summed E-state index contributed by atoms with van der Waals surface area (Å²) < 4.78 is 1.85. The highest BCUT2D eigenvalue weighted by atomic mass is 16.2. The molecule has 1 unspecified atom stereocenters. The third kappa shape index (κ3) is 3.43.